The van der Waals surface area contributed by atoms with Crippen molar-refractivity contribution in [3.63, 3.8) is 0 Å². The monoisotopic (exact) mass is 463 g/mol. The minimum Gasteiger partial charge on any atom is -0.381 e. The molecular weight excluding hydrogens is 430 g/mol. The van der Waals surface area contributed by atoms with Crippen molar-refractivity contribution in [2.75, 3.05) is 36.6 Å². The summed E-state index contributed by atoms with van der Waals surface area (Å²) >= 11 is 0. The molecule has 8 nitrogen and oxygen atoms in total. The minimum atomic E-state index is -0.222. The van der Waals surface area contributed by atoms with E-state index < -0.39 is 0 Å². The lowest BCUT2D eigenvalue weighted by molar-refractivity contribution is -0.124. The Hall–Kier alpha value is -3.00. The Balaban J connectivity index is 1.24. The van der Waals surface area contributed by atoms with Crippen molar-refractivity contribution in [1.82, 2.24) is 15.3 Å². The summed E-state index contributed by atoms with van der Waals surface area (Å²) in [6.45, 7) is 4.16. The highest BCUT2D eigenvalue weighted by atomic mass is 16.5. The van der Waals surface area contributed by atoms with Crippen molar-refractivity contribution in [2.24, 2.45) is 5.92 Å². The second kappa shape index (κ2) is 8.98. The maximum Gasteiger partial charge on any atom is 0.322 e. The zero-order chi connectivity index (χ0) is 23.8. The van der Waals surface area contributed by atoms with Crippen molar-refractivity contribution < 1.29 is 14.3 Å². The van der Waals surface area contributed by atoms with Gasteiger partial charge in [-0.15, -0.1) is 0 Å². The third kappa shape index (κ3) is 4.27. The first-order valence-electron chi connectivity index (χ1n) is 12.2. The van der Waals surface area contributed by atoms with Gasteiger partial charge in [-0.05, 0) is 49.5 Å². The molecule has 34 heavy (non-hydrogen) atoms. The van der Waals surface area contributed by atoms with Crippen LogP contribution in [-0.4, -0.2) is 54.3 Å². The number of urea groups is 1. The van der Waals surface area contributed by atoms with E-state index in [1.807, 2.05) is 0 Å². The first-order valence-corrected chi connectivity index (χ1v) is 12.2. The molecule has 1 aliphatic carbocycles. The van der Waals surface area contributed by atoms with E-state index in [-0.39, 0.29) is 28.8 Å². The molecule has 3 heterocycles. The van der Waals surface area contributed by atoms with E-state index in [9.17, 15) is 9.59 Å². The number of carbonyl (C=O) groups is 2. The quantitative estimate of drug-likeness (QED) is 0.748. The fourth-order valence-electron chi connectivity index (χ4n) is 5.55. The van der Waals surface area contributed by atoms with Crippen LogP contribution in [0.4, 0.5) is 16.4 Å². The molecule has 1 aromatic carbocycles. The number of aromatic nitrogens is 2. The second-order valence-electron chi connectivity index (χ2n) is 10.2. The number of rotatable bonds is 4. The second-order valence-corrected chi connectivity index (χ2v) is 10.2. The molecule has 1 aromatic heterocycles. The number of ether oxygens (including phenoxy) is 1. The van der Waals surface area contributed by atoms with Crippen LogP contribution < -0.4 is 15.1 Å². The van der Waals surface area contributed by atoms with Gasteiger partial charge in [0.05, 0.1) is 30.2 Å². The van der Waals surface area contributed by atoms with E-state index in [0.29, 0.717) is 31.4 Å². The smallest absolute Gasteiger partial charge is 0.322 e. The summed E-state index contributed by atoms with van der Waals surface area (Å²) in [6, 6.07) is 10.6. The average Bonchev–Trinajstić information content (AvgIpc) is 3.22. The molecule has 2 aliphatic heterocycles. The highest BCUT2D eigenvalue weighted by Gasteiger charge is 2.48. The Kier molecular flexibility index (Phi) is 6.02. The van der Waals surface area contributed by atoms with Gasteiger partial charge in [0.2, 0.25) is 11.9 Å². The van der Waals surface area contributed by atoms with Gasteiger partial charge in [0.1, 0.15) is 0 Å². The molecule has 5 rings (SSSR count). The SMILES string of the molecule is CN(C(=O)C1CCOCC1)c1ncc(N2C[C@]3(CC[C@@](C)(c4ccccc4)CC3)NC2=O)cn1. The summed E-state index contributed by atoms with van der Waals surface area (Å²) in [5.41, 5.74) is 1.94. The van der Waals surface area contributed by atoms with Gasteiger partial charge in [0.25, 0.3) is 0 Å². The highest BCUT2D eigenvalue weighted by Crippen LogP contribution is 2.44. The zero-order valence-corrected chi connectivity index (χ0v) is 20.0. The summed E-state index contributed by atoms with van der Waals surface area (Å²) in [5, 5.41) is 3.26. The normalized spacial score (nSPS) is 27.6. The molecule has 0 atom stereocenters. The molecule has 3 aliphatic rings. The number of amides is 3. The van der Waals surface area contributed by atoms with Crippen molar-refractivity contribution in [3.05, 3.63) is 48.3 Å². The van der Waals surface area contributed by atoms with Crippen molar-refractivity contribution in [1.29, 1.82) is 0 Å². The Morgan fingerprint density at radius 1 is 1.09 bits per heavy atom. The van der Waals surface area contributed by atoms with Gasteiger partial charge >= 0.3 is 6.03 Å². The standard InChI is InChI=1S/C26H33N5O3/c1-25(20-6-4-3-5-7-20)10-12-26(13-11-25)18-31(24(33)29-26)21-16-27-23(28-17-21)30(2)22(32)19-8-14-34-15-9-19/h3-7,16-17,19H,8-15,18H2,1-2H3,(H,29,33)/t25-,26-. The first-order chi connectivity index (χ1) is 16.4. The molecule has 8 heteroatoms. The van der Waals surface area contributed by atoms with E-state index in [1.54, 1.807) is 24.3 Å². The van der Waals surface area contributed by atoms with Crippen LogP contribution in [0, 0.1) is 5.92 Å². The molecule has 0 radical (unpaired) electrons. The third-order valence-corrected chi connectivity index (χ3v) is 8.00. The van der Waals surface area contributed by atoms with Crippen LogP contribution in [0.15, 0.2) is 42.7 Å². The maximum absolute atomic E-state index is 12.9. The van der Waals surface area contributed by atoms with E-state index >= 15 is 0 Å². The number of nitrogens with zero attached hydrogens (tertiary/aromatic N) is 4. The number of hydrogen-bond donors (Lipinski definition) is 1. The lowest BCUT2D eigenvalue weighted by Crippen LogP contribution is -2.49. The minimum absolute atomic E-state index is 0.0117. The third-order valence-electron chi connectivity index (χ3n) is 8.00. The summed E-state index contributed by atoms with van der Waals surface area (Å²) in [5.74, 6) is 0.308. The van der Waals surface area contributed by atoms with E-state index in [4.69, 9.17) is 4.74 Å². The van der Waals surface area contributed by atoms with Crippen molar-refractivity contribution in [3.8, 4) is 0 Å². The van der Waals surface area contributed by atoms with E-state index in [1.165, 1.54) is 10.5 Å². The molecule has 0 bridgehead atoms. The Morgan fingerprint density at radius 2 is 1.74 bits per heavy atom. The van der Waals surface area contributed by atoms with Gasteiger partial charge in [-0.3, -0.25) is 14.6 Å². The number of benzene rings is 1. The average molecular weight is 464 g/mol. The molecule has 3 fully saturated rings. The lowest BCUT2D eigenvalue weighted by atomic mass is 9.65. The maximum atomic E-state index is 12.9. The van der Waals surface area contributed by atoms with Gasteiger partial charge in [-0.2, -0.15) is 0 Å². The lowest BCUT2D eigenvalue weighted by Gasteiger charge is -2.43. The van der Waals surface area contributed by atoms with Crippen LogP contribution in [-0.2, 0) is 14.9 Å². The number of hydrogen-bond acceptors (Lipinski definition) is 5. The number of anilines is 2. The summed E-state index contributed by atoms with van der Waals surface area (Å²) in [7, 11) is 1.70. The molecule has 0 unspecified atom stereocenters. The fourth-order valence-corrected chi connectivity index (χ4v) is 5.55. The molecule has 1 saturated carbocycles. The van der Waals surface area contributed by atoms with E-state index in [2.05, 4.69) is 52.5 Å². The highest BCUT2D eigenvalue weighted by molar-refractivity contribution is 5.95. The van der Waals surface area contributed by atoms with Gasteiger partial charge in [-0.1, -0.05) is 37.3 Å². The van der Waals surface area contributed by atoms with Gasteiger partial charge in [0.15, 0.2) is 0 Å². The van der Waals surface area contributed by atoms with Crippen LogP contribution >= 0.6 is 0 Å². The molecule has 1 spiro atoms. The molecule has 1 N–H and O–H groups in total. The Morgan fingerprint density at radius 3 is 2.38 bits per heavy atom. The van der Waals surface area contributed by atoms with Crippen LogP contribution in [0.3, 0.4) is 0 Å². The molecule has 2 aromatic rings. The van der Waals surface area contributed by atoms with Crippen LogP contribution in [0.2, 0.25) is 0 Å². The Labute approximate surface area is 200 Å². The van der Waals surface area contributed by atoms with Gasteiger partial charge < -0.3 is 10.1 Å². The van der Waals surface area contributed by atoms with Crippen LogP contribution in [0.1, 0.15) is 51.0 Å². The van der Waals surface area contributed by atoms with Crippen molar-refractivity contribution >= 4 is 23.6 Å². The molecular formula is C26H33N5O3. The van der Waals surface area contributed by atoms with Crippen LogP contribution in [0.5, 0.6) is 0 Å². The van der Waals surface area contributed by atoms with Gasteiger partial charge in [-0.25, -0.2) is 14.8 Å². The van der Waals surface area contributed by atoms with E-state index in [0.717, 1.165) is 38.5 Å². The largest absolute Gasteiger partial charge is 0.381 e. The molecule has 180 valence electrons. The predicted molar refractivity (Wildman–Crippen MR) is 130 cm³/mol. The summed E-state index contributed by atoms with van der Waals surface area (Å²) < 4.78 is 5.35. The topological polar surface area (TPSA) is 87.7 Å². The molecule has 3 amide bonds. The molecule has 2 saturated heterocycles. The van der Waals surface area contributed by atoms with Gasteiger partial charge in [0, 0.05) is 26.2 Å². The zero-order valence-electron chi connectivity index (χ0n) is 20.0. The Bertz CT molecular complexity index is 1030. The number of nitrogens with one attached hydrogen (secondary N) is 1. The van der Waals surface area contributed by atoms with Crippen LogP contribution in [0.25, 0.3) is 0 Å². The predicted octanol–water partition coefficient (Wildman–Crippen LogP) is 3.67. The first kappa shape index (κ1) is 22.8. The summed E-state index contributed by atoms with van der Waals surface area (Å²) in [6.07, 6.45) is 8.65. The fraction of sp³-hybridized carbons (Fsp3) is 0.538. The summed E-state index contributed by atoms with van der Waals surface area (Å²) in [4.78, 5) is 37.7. The number of carbonyl (C=O) groups excluding carboxylic acids is 2. The van der Waals surface area contributed by atoms with Crippen molar-refractivity contribution in [2.45, 2.75) is 56.4 Å².